The summed E-state index contributed by atoms with van der Waals surface area (Å²) in [5.74, 6) is -0.0676. The molecule has 0 aromatic heterocycles. The fourth-order valence-corrected chi connectivity index (χ4v) is 3.22. The molecular weight excluding hydrogens is 408 g/mol. The zero-order valence-corrected chi connectivity index (χ0v) is 17.5. The molecule has 1 heterocycles. The van der Waals surface area contributed by atoms with Gasteiger partial charge in [0.05, 0.1) is 26.6 Å². The number of hydrogen-bond donors (Lipinski definition) is 3. The van der Waals surface area contributed by atoms with Crippen molar-refractivity contribution in [3.63, 3.8) is 0 Å². The number of carbonyl (C=O) groups excluding carboxylic acids is 3. The average molecular weight is 433 g/mol. The highest BCUT2D eigenvalue weighted by Crippen LogP contribution is 2.31. The SMILES string of the molecule is COc1cccc(CC(=O)N2CCc3ccc(NC(=O)CNC(=O)CN)cc32)c1.Cl. The molecular formula is C21H25ClN4O4. The highest BCUT2D eigenvalue weighted by Gasteiger charge is 2.25. The van der Waals surface area contributed by atoms with Crippen LogP contribution in [0.25, 0.3) is 0 Å². The predicted octanol–water partition coefficient (Wildman–Crippen LogP) is 1.26. The first kappa shape index (κ1) is 23.2. The molecule has 9 heteroatoms. The molecule has 0 saturated heterocycles. The van der Waals surface area contributed by atoms with Crippen molar-refractivity contribution < 1.29 is 19.1 Å². The van der Waals surface area contributed by atoms with E-state index in [1.165, 1.54) is 0 Å². The zero-order valence-electron chi connectivity index (χ0n) is 16.6. The number of methoxy groups -OCH3 is 1. The Kier molecular flexibility index (Phi) is 8.20. The lowest BCUT2D eigenvalue weighted by Crippen LogP contribution is -2.36. The van der Waals surface area contributed by atoms with Gasteiger partial charge < -0.3 is 26.0 Å². The number of rotatable bonds is 7. The van der Waals surface area contributed by atoms with Crippen molar-refractivity contribution in [2.45, 2.75) is 12.8 Å². The molecule has 0 radical (unpaired) electrons. The Morgan fingerprint density at radius 1 is 1.13 bits per heavy atom. The molecule has 1 aliphatic heterocycles. The Labute approximate surface area is 181 Å². The van der Waals surface area contributed by atoms with Crippen LogP contribution in [-0.2, 0) is 27.2 Å². The number of nitrogens with one attached hydrogen (secondary N) is 2. The van der Waals surface area contributed by atoms with Gasteiger partial charge in [0, 0.05) is 17.9 Å². The van der Waals surface area contributed by atoms with Crippen molar-refractivity contribution in [1.29, 1.82) is 0 Å². The minimum Gasteiger partial charge on any atom is -0.497 e. The van der Waals surface area contributed by atoms with Crippen molar-refractivity contribution in [3.8, 4) is 5.75 Å². The van der Waals surface area contributed by atoms with E-state index in [4.69, 9.17) is 10.5 Å². The zero-order chi connectivity index (χ0) is 20.8. The summed E-state index contributed by atoms with van der Waals surface area (Å²) in [6.07, 6.45) is 1.03. The van der Waals surface area contributed by atoms with Crippen molar-refractivity contribution in [3.05, 3.63) is 53.6 Å². The van der Waals surface area contributed by atoms with Gasteiger partial charge in [-0.15, -0.1) is 12.4 Å². The van der Waals surface area contributed by atoms with Gasteiger partial charge in [-0.3, -0.25) is 14.4 Å². The summed E-state index contributed by atoms with van der Waals surface area (Å²) >= 11 is 0. The van der Waals surface area contributed by atoms with Crippen LogP contribution < -0.4 is 26.0 Å². The molecule has 2 aromatic carbocycles. The van der Waals surface area contributed by atoms with E-state index in [1.54, 1.807) is 24.1 Å². The van der Waals surface area contributed by atoms with E-state index in [0.717, 1.165) is 23.2 Å². The Morgan fingerprint density at radius 2 is 1.93 bits per heavy atom. The van der Waals surface area contributed by atoms with E-state index in [0.29, 0.717) is 18.0 Å². The number of hydrogen-bond acceptors (Lipinski definition) is 5. The average Bonchev–Trinajstić information content (AvgIpc) is 3.15. The van der Waals surface area contributed by atoms with Crippen molar-refractivity contribution in [2.24, 2.45) is 5.73 Å². The molecule has 1 aliphatic rings. The number of fused-ring (bicyclic) bond motifs is 1. The van der Waals surface area contributed by atoms with Gasteiger partial charge in [0.15, 0.2) is 0 Å². The Balaban J connectivity index is 0.00000320. The first-order valence-electron chi connectivity index (χ1n) is 9.33. The largest absolute Gasteiger partial charge is 0.497 e. The topological polar surface area (TPSA) is 114 Å². The number of carbonyl (C=O) groups is 3. The van der Waals surface area contributed by atoms with Crippen LogP contribution in [0.2, 0.25) is 0 Å². The standard InChI is InChI=1S/C21H24N4O4.ClH/c1-29-17-4-2-3-14(9-17)10-21(28)25-8-7-15-5-6-16(11-18(15)25)24-20(27)13-23-19(26)12-22;/h2-6,9,11H,7-8,10,12-13,22H2,1H3,(H,23,26)(H,24,27);1H. The van der Waals surface area contributed by atoms with E-state index in [2.05, 4.69) is 10.6 Å². The van der Waals surface area contributed by atoms with E-state index < -0.39 is 5.91 Å². The Bertz CT molecular complexity index is 935. The molecule has 0 bridgehead atoms. The van der Waals surface area contributed by atoms with Crippen molar-refractivity contribution >= 4 is 41.5 Å². The normalized spacial score (nSPS) is 11.9. The summed E-state index contributed by atoms with van der Waals surface area (Å²) in [5, 5.41) is 5.14. The summed E-state index contributed by atoms with van der Waals surface area (Å²) in [7, 11) is 1.59. The summed E-state index contributed by atoms with van der Waals surface area (Å²) in [5.41, 5.74) is 8.49. The second kappa shape index (κ2) is 10.6. The smallest absolute Gasteiger partial charge is 0.243 e. The van der Waals surface area contributed by atoms with Crippen LogP contribution in [0.5, 0.6) is 5.75 Å². The molecule has 0 atom stereocenters. The van der Waals surface area contributed by atoms with Crippen LogP contribution >= 0.6 is 12.4 Å². The number of anilines is 2. The van der Waals surface area contributed by atoms with Gasteiger partial charge in [-0.1, -0.05) is 18.2 Å². The predicted molar refractivity (Wildman–Crippen MR) is 117 cm³/mol. The van der Waals surface area contributed by atoms with Crippen LogP contribution in [0.15, 0.2) is 42.5 Å². The number of nitrogens with zero attached hydrogens (tertiary/aromatic N) is 1. The first-order chi connectivity index (χ1) is 14.0. The van der Waals surface area contributed by atoms with Gasteiger partial charge in [-0.05, 0) is 41.8 Å². The highest BCUT2D eigenvalue weighted by molar-refractivity contribution is 5.99. The summed E-state index contributed by atoms with van der Waals surface area (Å²) in [6.45, 7) is 0.268. The first-order valence-corrected chi connectivity index (χ1v) is 9.33. The number of amides is 3. The van der Waals surface area contributed by atoms with Gasteiger partial charge in [0.2, 0.25) is 17.7 Å². The number of halogens is 1. The van der Waals surface area contributed by atoms with Crippen molar-refractivity contribution in [2.75, 3.05) is 37.0 Å². The third-order valence-corrected chi connectivity index (χ3v) is 4.69. The van der Waals surface area contributed by atoms with E-state index in [9.17, 15) is 14.4 Å². The lowest BCUT2D eigenvalue weighted by atomic mass is 10.1. The second-order valence-corrected chi connectivity index (χ2v) is 6.70. The van der Waals surface area contributed by atoms with Crippen LogP contribution in [0, 0.1) is 0 Å². The molecule has 0 saturated carbocycles. The minimum absolute atomic E-state index is 0. The van der Waals surface area contributed by atoms with E-state index >= 15 is 0 Å². The van der Waals surface area contributed by atoms with Gasteiger partial charge in [-0.25, -0.2) is 0 Å². The van der Waals surface area contributed by atoms with Crippen LogP contribution in [0.3, 0.4) is 0 Å². The molecule has 0 aliphatic carbocycles. The molecule has 0 fully saturated rings. The molecule has 2 aromatic rings. The van der Waals surface area contributed by atoms with Crippen molar-refractivity contribution in [1.82, 2.24) is 5.32 Å². The quantitative estimate of drug-likeness (QED) is 0.609. The molecule has 160 valence electrons. The highest BCUT2D eigenvalue weighted by atomic mass is 35.5. The molecule has 3 rings (SSSR count). The molecule has 8 nitrogen and oxygen atoms in total. The summed E-state index contributed by atoms with van der Waals surface area (Å²) in [6, 6.07) is 12.9. The minimum atomic E-state index is -0.400. The third-order valence-electron chi connectivity index (χ3n) is 4.69. The van der Waals surface area contributed by atoms with Gasteiger partial charge in [0.1, 0.15) is 5.75 Å². The van der Waals surface area contributed by atoms with E-state index in [-0.39, 0.29) is 43.7 Å². The number of ether oxygens (including phenoxy) is 1. The van der Waals surface area contributed by atoms with Gasteiger partial charge in [-0.2, -0.15) is 0 Å². The Hall–Kier alpha value is -3.10. The molecule has 0 spiro atoms. The molecule has 0 unspecified atom stereocenters. The maximum absolute atomic E-state index is 12.9. The lowest BCUT2D eigenvalue weighted by Gasteiger charge is -2.18. The molecule has 3 amide bonds. The molecule has 30 heavy (non-hydrogen) atoms. The van der Waals surface area contributed by atoms with Crippen LogP contribution in [0.4, 0.5) is 11.4 Å². The Morgan fingerprint density at radius 3 is 2.67 bits per heavy atom. The monoisotopic (exact) mass is 432 g/mol. The number of benzene rings is 2. The lowest BCUT2D eigenvalue weighted by molar-refractivity contribution is -0.123. The second-order valence-electron chi connectivity index (χ2n) is 6.70. The number of nitrogens with two attached hydrogens (primary N) is 1. The van der Waals surface area contributed by atoms with Crippen LogP contribution in [0.1, 0.15) is 11.1 Å². The third kappa shape index (κ3) is 5.71. The fraction of sp³-hybridized carbons (Fsp3) is 0.286. The van der Waals surface area contributed by atoms with Gasteiger partial charge in [0.25, 0.3) is 0 Å². The fourth-order valence-electron chi connectivity index (χ4n) is 3.22. The van der Waals surface area contributed by atoms with E-state index in [1.807, 2.05) is 30.3 Å². The summed E-state index contributed by atoms with van der Waals surface area (Å²) in [4.78, 5) is 37.7. The maximum atomic E-state index is 12.9. The van der Waals surface area contributed by atoms with Crippen LogP contribution in [-0.4, -0.2) is 44.5 Å². The molecule has 4 N–H and O–H groups in total. The van der Waals surface area contributed by atoms with Gasteiger partial charge >= 0.3 is 0 Å². The summed E-state index contributed by atoms with van der Waals surface area (Å²) < 4.78 is 5.21. The maximum Gasteiger partial charge on any atom is 0.243 e.